The predicted molar refractivity (Wildman–Crippen MR) is 533 cm³/mol. The van der Waals surface area contributed by atoms with Gasteiger partial charge < -0.3 is 13.7 Å². The van der Waals surface area contributed by atoms with Crippen molar-refractivity contribution in [3.05, 3.63) is 319 Å². The van der Waals surface area contributed by atoms with Crippen LogP contribution in [-0.4, -0.2) is 38.2 Å². The van der Waals surface area contributed by atoms with Crippen molar-refractivity contribution in [3.63, 3.8) is 0 Å². The van der Waals surface area contributed by atoms with Crippen LogP contribution in [0.25, 0.3) is 189 Å². The van der Waals surface area contributed by atoms with Crippen LogP contribution in [0.4, 0.5) is 0 Å². The molecule has 12 aromatic carbocycles. The SMILES string of the molecule is CC1=Cn2c(nc3c4ccccc4c(C)c(-c4cc(C)c5c(C)cccc5[n+]4C)c32)C1.CC1=Cn2c(nc3c4ccccc4c(C)c(-c4ccc5c(CC(C)C)cccc5[n+]4C)c32)C1.[2H]C([2H])([2H])c1cc2nc3n(c2c(-c2cc(C)c4c(C)cccc4[n+]2C)c1C)-c1ccccc1C3.[2H]C([2H])(c1cccc2c1ccc(-c1c(C)c3ccccc3c3nc4n(c13)C=C(C)C4)[n+]2C)C(C)C. The van der Waals surface area contributed by atoms with E-state index in [0.717, 1.165) is 139 Å². The molecule has 0 spiro atoms. The van der Waals surface area contributed by atoms with Gasteiger partial charge in [-0.15, -0.1) is 0 Å². The fraction of sp³-hybridized carbons (Fsp3) is 0.241. The largest absolute Gasteiger partial charge is 0.302 e. The van der Waals surface area contributed by atoms with Crippen molar-refractivity contribution in [1.29, 1.82) is 0 Å². The smallest absolute Gasteiger partial charge is 0.215 e. The number of hydrogen-bond donors (Lipinski definition) is 0. The number of allylic oxidation sites excluding steroid dienone is 3. The van der Waals surface area contributed by atoms with Crippen molar-refractivity contribution in [2.24, 2.45) is 40.0 Å². The van der Waals surface area contributed by atoms with Gasteiger partial charge >= 0.3 is 0 Å². The molecule has 0 amide bonds. The van der Waals surface area contributed by atoms with Crippen molar-refractivity contribution in [2.45, 2.75) is 149 Å². The standard InChI is InChI=1S/2C30H30N3.2C28H26N3/c2*1-18(2)15-21-9-8-12-25-23(21)13-14-26(32(25)5)28-20(4)22-10-6-7-11-24(22)29-30(28)33-17-19(3)16-27(33)31-29;1-16-13-24-29-27-21-11-7-6-10-20(21)19(4)26(28(27)31(24)15-16)23-14-18(3)25-17(2)9-8-12-22(25)30(23)5;1-16-9-8-12-23-26(16)18(3)14-24(30(23)5)27-19(4)17(2)13-21-28(27)31-22-11-7-6-10-20(22)15-25(31)29-21/h2*6-14,17-18H,15-16H2,1-5H3;6-12,14-15H,13H2,1-5H3;6-14H,15H2,1-5H3/q4*+1/i15D2;;;2D3. The summed E-state index contributed by atoms with van der Waals surface area (Å²) < 4.78 is 60.5. The average molecular weight is 1680 g/mol. The van der Waals surface area contributed by atoms with Gasteiger partial charge in [0.25, 0.3) is 0 Å². The molecule has 4 aliphatic rings. The Hall–Kier alpha value is -13.8. The van der Waals surface area contributed by atoms with Crippen LogP contribution in [0.3, 0.4) is 0 Å². The highest BCUT2D eigenvalue weighted by molar-refractivity contribution is 6.16. The number of nitrogens with zero attached hydrogens (tertiary/aromatic N) is 12. The topological polar surface area (TPSA) is 86.8 Å². The molecule has 632 valence electrons. The Balaban J connectivity index is 0.000000107. The Kier molecular flexibility index (Phi) is 18.3. The molecule has 0 fully saturated rings. The van der Waals surface area contributed by atoms with Crippen molar-refractivity contribution in [3.8, 4) is 50.7 Å². The van der Waals surface area contributed by atoms with E-state index in [2.05, 4.69) is 354 Å². The maximum absolute atomic E-state index is 8.75. The van der Waals surface area contributed by atoms with Crippen LogP contribution in [0.1, 0.15) is 145 Å². The number of hydrogen-bond acceptors (Lipinski definition) is 4. The van der Waals surface area contributed by atoms with E-state index in [4.69, 9.17) is 26.8 Å². The molecule has 128 heavy (non-hydrogen) atoms. The average Bonchev–Trinajstić information content (AvgIpc) is 1.58. The first kappa shape index (κ1) is 75.5. The van der Waals surface area contributed by atoms with E-state index in [0.29, 0.717) is 11.5 Å². The van der Waals surface area contributed by atoms with Gasteiger partial charge in [-0.25, -0.2) is 19.9 Å². The van der Waals surface area contributed by atoms with Gasteiger partial charge in [0.2, 0.25) is 44.8 Å². The molecule has 0 saturated heterocycles. The zero-order chi connectivity index (χ0) is 92.9. The van der Waals surface area contributed by atoms with Crippen LogP contribution in [-0.2, 0) is 66.7 Å². The van der Waals surface area contributed by atoms with Gasteiger partial charge in [0, 0.05) is 127 Å². The van der Waals surface area contributed by atoms with Gasteiger partial charge in [-0.1, -0.05) is 167 Å². The Morgan fingerprint density at radius 3 is 1.17 bits per heavy atom. The second-order valence-electron chi connectivity index (χ2n) is 37.4. The molecule has 0 saturated carbocycles. The molecule has 0 bridgehead atoms. The van der Waals surface area contributed by atoms with Gasteiger partial charge in [-0.05, 0) is 232 Å². The summed E-state index contributed by atoms with van der Waals surface area (Å²) in [7, 11) is 8.56. The van der Waals surface area contributed by atoms with E-state index in [1.165, 1.54) is 165 Å². The second kappa shape index (κ2) is 31.0. The van der Waals surface area contributed by atoms with Gasteiger partial charge in [0.05, 0.1) is 82.8 Å². The van der Waals surface area contributed by atoms with Crippen LogP contribution < -0.4 is 18.3 Å². The maximum atomic E-state index is 8.75. The normalized spacial score (nSPS) is 14.0. The Morgan fingerprint density at radius 2 is 0.727 bits per heavy atom. The summed E-state index contributed by atoms with van der Waals surface area (Å²) in [6.45, 7) is 30.2. The van der Waals surface area contributed by atoms with Crippen molar-refractivity contribution in [1.82, 2.24) is 38.2 Å². The molecule has 8 aromatic heterocycles. The van der Waals surface area contributed by atoms with Gasteiger partial charge in [0.15, 0.2) is 0 Å². The number of aromatic nitrogens is 12. The molecule has 0 radical (unpaired) electrons. The highest BCUT2D eigenvalue weighted by Crippen LogP contribution is 2.47. The van der Waals surface area contributed by atoms with Gasteiger partial charge in [0.1, 0.15) is 51.5 Å². The summed E-state index contributed by atoms with van der Waals surface area (Å²) in [5, 5.41) is 12.3. The van der Waals surface area contributed by atoms with Crippen LogP contribution in [0.5, 0.6) is 0 Å². The fourth-order valence-electron chi connectivity index (χ4n) is 22.0. The van der Waals surface area contributed by atoms with Crippen LogP contribution in [0, 0.1) is 74.1 Å². The molecule has 0 N–H and O–H groups in total. The molecule has 24 rings (SSSR count). The Morgan fingerprint density at radius 1 is 0.336 bits per heavy atom. The lowest BCUT2D eigenvalue weighted by Gasteiger charge is -2.14. The summed E-state index contributed by atoms with van der Waals surface area (Å²) in [5.41, 5.74) is 41.2. The minimum atomic E-state index is -2.22. The first-order valence-electron chi connectivity index (χ1n) is 47.8. The quantitative estimate of drug-likeness (QED) is 0.142. The Labute approximate surface area is 756 Å². The number of imidazole rings is 4. The number of fused-ring (bicyclic) bond motifs is 24. The number of benzene rings is 12. The molecule has 20 aromatic rings. The van der Waals surface area contributed by atoms with Crippen LogP contribution >= 0.6 is 0 Å². The molecular formula is C116H112N12+4. The fourth-order valence-corrected chi connectivity index (χ4v) is 22.0. The minimum absolute atomic E-state index is 0.121. The number of aryl methyl sites for hydroxylation is 12. The first-order chi connectivity index (χ1) is 63.7. The minimum Gasteiger partial charge on any atom is -0.302 e. The molecule has 12 nitrogen and oxygen atoms in total. The monoisotopic (exact) mass is 1680 g/mol. The molecule has 12 heterocycles. The summed E-state index contributed by atoms with van der Waals surface area (Å²) in [6, 6.07) is 75.2. The van der Waals surface area contributed by atoms with Crippen LogP contribution in [0.2, 0.25) is 0 Å². The highest BCUT2D eigenvalue weighted by Gasteiger charge is 2.35. The second-order valence-corrected chi connectivity index (χ2v) is 37.4. The zero-order valence-electron chi connectivity index (χ0n) is 82.0. The summed E-state index contributed by atoms with van der Waals surface area (Å²) in [4.78, 5) is 20.3. The molecule has 0 atom stereocenters. The lowest BCUT2D eigenvalue weighted by molar-refractivity contribution is -0.633. The predicted octanol–water partition coefficient (Wildman–Crippen LogP) is 25.5. The first-order valence-corrected chi connectivity index (χ1v) is 45.3. The molecule has 0 unspecified atom stereocenters. The van der Waals surface area contributed by atoms with Crippen LogP contribution in [0.15, 0.2) is 229 Å². The zero-order valence-corrected chi connectivity index (χ0v) is 77.0. The van der Waals surface area contributed by atoms with E-state index in [1.807, 2.05) is 39.0 Å². The van der Waals surface area contributed by atoms with Gasteiger partial charge in [-0.2, -0.15) is 18.3 Å². The summed E-state index contributed by atoms with van der Waals surface area (Å²) >= 11 is 0. The van der Waals surface area contributed by atoms with E-state index in [9.17, 15) is 0 Å². The van der Waals surface area contributed by atoms with E-state index in [1.54, 1.807) is 6.07 Å². The lowest BCUT2D eigenvalue weighted by Crippen LogP contribution is -2.33. The summed E-state index contributed by atoms with van der Waals surface area (Å²) in [5.74, 6) is 4.83. The van der Waals surface area contributed by atoms with E-state index in [-0.39, 0.29) is 5.92 Å². The summed E-state index contributed by atoms with van der Waals surface area (Å²) in [6.07, 6.45) is 9.90. The van der Waals surface area contributed by atoms with Crippen molar-refractivity contribution >= 4 is 139 Å². The third-order valence-corrected chi connectivity index (χ3v) is 27.8. The molecule has 4 aliphatic heterocycles. The lowest BCUT2D eigenvalue weighted by atomic mass is 9.93. The van der Waals surface area contributed by atoms with Gasteiger partial charge in [-0.3, -0.25) is 4.57 Å². The molecular weight excluding hydrogens is 1560 g/mol. The third-order valence-electron chi connectivity index (χ3n) is 27.8. The molecule has 0 aliphatic carbocycles. The number of para-hydroxylation sites is 1. The highest BCUT2D eigenvalue weighted by atomic mass is 15.1. The van der Waals surface area contributed by atoms with E-state index < -0.39 is 13.2 Å². The Bertz CT molecular complexity index is 8570. The third kappa shape index (κ3) is 12.9. The number of pyridine rings is 4. The molecule has 12 heteroatoms. The van der Waals surface area contributed by atoms with Crippen molar-refractivity contribution < 1.29 is 25.1 Å². The number of rotatable bonds is 8. The van der Waals surface area contributed by atoms with Crippen molar-refractivity contribution in [2.75, 3.05) is 0 Å². The van der Waals surface area contributed by atoms with E-state index >= 15 is 0 Å². The maximum Gasteiger partial charge on any atom is 0.215 e.